The third-order valence-corrected chi connectivity index (χ3v) is 3.35. The molecule has 1 saturated carbocycles. The van der Waals surface area contributed by atoms with Gasteiger partial charge in [-0.1, -0.05) is 6.92 Å². The molecule has 1 aliphatic rings. The Labute approximate surface area is 121 Å². The van der Waals surface area contributed by atoms with Gasteiger partial charge in [0.05, 0.1) is 7.11 Å². The minimum atomic E-state index is 0.363. The van der Waals surface area contributed by atoms with Crippen LogP contribution in [0.15, 0.2) is 0 Å². The summed E-state index contributed by atoms with van der Waals surface area (Å²) in [6.45, 7) is 8.30. The van der Waals surface area contributed by atoms with E-state index in [9.17, 15) is 0 Å². The molecule has 0 amide bonds. The molecule has 0 spiro atoms. The summed E-state index contributed by atoms with van der Waals surface area (Å²) < 4.78 is 5.20. The average molecular weight is 279 g/mol. The molecule has 6 heteroatoms. The zero-order valence-electron chi connectivity index (χ0n) is 12.9. The molecule has 1 aromatic rings. The summed E-state index contributed by atoms with van der Waals surface area (Å²) in [5, 5.41) is 3.20. The normalized spacial score (nSPS) is 14.4. The monoisotopic (exact) mass is 279 g/mol. The van der Waals surface area contributed by atoms with Crippen LogP contribution in [-0.4, -0.2) is 41.2 Å². The van der Waals surface area contributed by atoms with Crippen LogP contribution in [0.4, 0.5) is 11.9 Å². The molecule has 0 aromatic carbocycles. The molecule has 1 fully saturated rings. The van der Waals surface area contributed by atoms with Crippen molar-refractivity contribution in [2.24, 2.45) is 5.92 Å². The zero-order chi connectivity index (χ0) is 14.5. The van der Waals surface area contributed by atoms with E-state index in [1.165, 1.54) is 12.8 Å². The smallest absolute Gasteiger partial charge is 0.322 e. The van der Waals surface area contributed by atoms with Crippen LogP contribution in [0.5, 0.6) is 6.01 Å². The molecule has 1 aromatic heterocycles. The molecule has 0 bridgehead atoms. The van der Waals surface area contributed by atoms with Crippen molar-refractivity contribution in [2.75, 3.05) is 30.4 Å². The van der Waals surface area contributed by atoms with E-state index in [4.69, 9.17) is 4.74 Å². The number of nitrogens with zero attached hydrogens (tertiary/aromatic N) is 4. The molecule has 20 heavy (non-hydrogen) atoms. The number of rotatable bonds is 8. The maximum atomic E-state index is 5.20. The molecule has 1 aliphatic carbocycles. The van der Waals surface area contributed by atoms with Crippen LogP contribution in [0.3, 0.4) is 0 Å². The number of anilines is 2. The minimum Gasteiger partial charge on any atom is -0.467 e. The Morgan fingerprint density at radius 1 is 1.30 bits per heavy atom. The van der Waals surface area contributed by atoms with E-state index in [1.54, 1.807) is 7.11 Å². The third kappa shape index (κ3) is 3.95. The quantitative estimate of drug-likeness (QED) is 0.788. The first-order valence-electron chi connectivity index (χ1n) is 7.44. The fourth-order valence-corrected chi connectivity index (χ4v) is 1.98. The van der Waals surface area contributed by atoms with Gasteiger partial charge in [-0.05, 0) is 39.0 Å². The SMILES string of the molecule is CCCNc1nc(OC)nc(N(CC2CC2)C(C)C)n1. The zero-order valence-corrected chi connectivity index (χ0v) is 12.9. The highest BCUT2D eigenvalue weighted by Gasteiger charge is 2.27. The Bertz CT molecular complexity index is 434. The van der Waals surface area contributed by atoms with Gasteiger partial charge < -0.3 is 15.0 Å². The lowest BCUT2D eigenvalue weighted by atomic mass is 10.3. The Morgan fingerprint density at radius 2 is 2.05 bits per heavy atom. The summed E-state index contributed by atoms with van der Waals surface area (Å²) in [7, 11) is 1.59. The number of hydrogen-bond acceptors (Lipinski definition) is 6. The first kappa shape index (κ1) is 14.8. The first-order chi connectivity index (χ1) is 9.63. The van der Waals surface area contributed by atoms with E-state index in [-0.39, 0.29) is 0 Å². The van der Waals surface area contributed by atoms with Crippen LogP contribution in [0.25, 0.3) is 0 Å². The summed E-state index contributed by atoms with van der Waals surface area (Å²) in [5.74, 6) is 2.08. The first-order valence-corrected chi connectivity index (χ1v) is 7.44. The fourth-order valence-electron chi connectivity index (χ4n) is 1.98. The van der Waals surface area contributed by atoms with Gasteiger partial charge in [-0.15, -0.1) is 0 Å². The van der Waals surface area contributed by atoms with Crippen LogP contribution >= 0.6 is 0 Å². The summed E-state index contributed by atoms with van der Waals surface area (Å²) in [6.07, 6.45) is 3.65. The van der Waals surface area contributed by atoms with E-state index >= 15 is 0 Å². The molecule has 6 nitrogen and oxygen atoms in total. The van der Waals surface area contributed by atoms with Crippen molar-refractivity contribution in [3.05, 3.63) is 0 Å². The fraction of sp³-hybridized carbons (Fsp3) is 0.786. The number of methoxy groups -OCH3 is 1. The summed E-state index contributed by atoms with van der Waals surface area (Å²) >= 11 is 0. The van der Waals surface area contributed by atoms with Gasteiger partial charge >= 0.3 is 6.01 Å². The highest BCUT2D eigenvalue weighted by molar-refractivity contribution is 5.39. The van der Waals surface area contributed by atoms with Crippen LogP contribution in [0.2, 0.25) is 0 Å². The summed E-state index contributed by atoms with van der Waals surface area (Å²) in [6, 6.07) is 0.733. The number of aromatic nitrogens is 3. The van der Waals surface area contributed by atoms with Crippen molar-refractivity contribution in [3.8, 4) is 6.01 Å². The molecule has 0 radical (unpaired) electrons. The molecule has 1 heterocycles. The molecule has 0 atom stereocenters. The van der Waals surface area contributed by atoms with Gasteiger partial charge in [-0.2, -0.15) is 15.0 Å². The van der Waals surface area contributed by atoms with Crippen molar-refractivity contribution >= 4 is 11.9 Å². The van der Waals surface area contributed by atoms with E-state index < -0.39 is 0 Å². The number of ether oxygens (including phenoxy) is 1. The van der Waals surface area contributed by atoms with Gasteiger partial charge in [0.25, 0.3) is 0 Å². The van der Waals surface area contributed by atoms with Gasteiger partial charge in [0.2, 0.25) is 11.9 Å². The van der Waals surface area contributed by atoms with Crippen molar-refractivity contribution in [1.29, 1.82) is 0 Å². The molecule has 0 aliphatic heterocycles. The second-order valence-electron chi connectivity index (χ2n) is 5.56. The maximum Gasteiger partial charge on any atom is 0.322 e. The van der Waals surface area contributed by atoms with Crippen molar-refractivity contribution in [2.45, 2.75) is 46.1 Å². The molecule has 0 unspecified atom stereocenters. The highest BCUT2D eigenvalue weighted by atomic mass is 16.5. The van der Waals surface area contributed by atoms with Crippen molar-refractivity contribution < 1.29 is 4.74 Å². The molecular weight excluding hydrogens is 254 g/mol. The lowest BCUT2D eigenvalue weighted by Gasteiger charge is -2.27. The van der Waals surface area contributed by atoms with Crippen LogP contribution < -0.4 is 15.0 Å². The minimum absolute atomic E-state index is 0.363. The molecular formula is C14H25N5O. The third-order valence-electron chi connectivity index (χ3n) is 3.35. The van der Waals surface area contributed by atoms with Crippen molar-refractivity contribution in [3.63, 3.8) is 0 Å². The van der Waals surface area contributed by atoms with Gasteiger partial charge in [0.15, 0.2) is 0 Å². The second kappa shape index (κ2) is 6.72. The Hall–Kier alpha value is -1.59. The summed E-state index contributed by atoms with van der Waals surface area (Å²) in [4.78, 5) is 15.4. The van der Waals surface area contributed by atoms with Crippen LogP contribution in [-0.2, 0) is 0 Å². The topological polar surface area (TPSA) is 63.2 Å². The van der Waals surface area contributed by atoms with E-state index in [2.05, 4.69) is 45.9 Å². The summed E-state index contributed by atoms with van der Waals surface area (Å²) in [5.41, 5.74) is 0. The maximum absolute atomic E-state index is 5.20. The van der Waals surface area contributed by atoms with E-state index in [0.29, 0.717) is 23.9 Å². The lowest BCUT2D eigenvalue weighted by molar-refractivity contribution is 0.378. The highest BCUT2D eigenvalue weighted by Crippen LogP contribution is 2.31. The largest absolute Gasteiger partial charge is 0.467 e. The van der Waals surface area contributed by atoms with Gasteiger partial charge in [-0.25, -0.2) is 0 Å². The predicted octanol–water partition coefficient (Wildman–Crippen LogP) is 2.33. The van der Waals surface area contributed by atoms with Gasteiger partial charge in [0.1, 0.15) is 0 Å². The average Bonchev–Trinajstić information content (AvgIpc) is 3.25. The number of hydrogen-bond donors (Lipinski definition) is 1. The molecule has 2 rings (SSSR count). The van der Waals surface area contributed by atoms with E-state index in [0.717, 1.165) is 25.4 Å². The van der Waals surface area contributed by atoms with Crippen LogP contribution in [0.1, 0.15) is 40.0 Å². The lowest BCUT2D eigenvalue weighted by Crippen LogP contribution is -2.34. The molecule has 0 saturated heterocycles. The molecule has 112 valence electrons. The second-order valence-corrected chi connectivity index (χ2v) is 5.56. The Kier molecular flexibility index (Phi) is 4.98. The van der Waals surface area contributed by atoms with Gasteiger partial charge in [-0.3, -0.25) is 0 Å². The van der Waals surface area contributed by atoms with Crippen molar-refractivity contribution in [1.82, 2.24) is 15.0 Å². The Balaban J connectivity index is 2.21. The Morgan fingerprint density at radius 3 is 2.60 bits per heavy atom. The standard InChI is InChI=1S/C14H25N5O/c1-5-8-15-12-16-13(18-14(17-12)20-4)19(10(2)3)9-11-6-7-11/h10-11H,5-9H2,1-4H3,(H,15,16,17,18). The number of nitrogens with one attached hydrogen (secondary N) is 1. The van der Waals surface area contributed by atoms with E-state index in [1.807, 2.05) is 0 Å². The predicted molar refractivity (Wildman–Crippen MR) is 80.4 cm³/mol. The van der Waals surface area contributed by atoms with Crippen LogP contribution in [0, 0.1) is 5.92 Å². The molecule has 1 N–H and O–H groups in total. The van der Waals surface area contributed by atoms with Gasteiger partial charge in [0, 0.05) is 19.1 Å².